The fraction of sp³-hybridized carbons (Fsp3) is 0.556. The summed E-state index contributed by atoms with van der Waals surface area (Å²) in [5.41, 5.74) is 1.24. The van der Waals surface area contributed by atoms with Crippen LogP contribution in [0.25, 0.3) is 10.8 Å². The van der Waals surface area contributed by atoms with Crippen LogP contribution < -0.4 is 15.1 Å². The molecule has 0 unspecified atom stereocenters. The Morgan fingerprint density at radius 3 is 2.54 bits per heavy atom. The zero-order chi connectivity index (χ0) is 24.4. The van der Waals surface area contributed by atoms with Crippen LogP contribution in [-0.4, -0.2) is 59.3 Å². The second kappa shape index (κ2) is 10.3. The number of methoxy groups -OCH3 is 1. The number of pyridine rings is 2. The van der Waals surface area contributed by atoms with Crippen molar-refractivity contribution in [2.24, 2.45) is 5.92 Å². The van der Waals surface area contributed by atoms with Crippen molar-refractivity contribution in [3.05, 3.63) is 36.3 Å². The Balaban J connectivity index is 1.38. The summed E-state index contributed by atoms with van der Waals surface area (Å²) in [7, 11) is 1.79. The minimum absolute atomic E-state index is 0.331. The molecule has 0 spiro atoms. The molecule has 35 heavy (non-hydrogen) atoms. The second-order valence-corrected chi connectivity index (χ2v) is 10.2. The lowest BCUT2D eigenvalue weighted by Gasteiger charge is -2.40. The van der Waals surface area contributed by atoms with Crippen molar-refractivity contribution < 1.29 is 4.74 Å². The molecule has 3 aromatic rings. The summed E-state index contributed by atoms with van der Waals surface area (Å²) in [6.45, 7) is 10.7. The zero-order valence-electron chi connectivity index (χ0n) is 21.4. The molecule has 5 rings (SSSR count). The standard InChI is InChI=1S/C27H37N7O/c1-5-6-19-16-34(17-19)26-23-15-29-25(13-21(23)22(14-30-26)18(2)3)31-24-7-10-28-27(32-24)33-11-8-20(35-4)9-12-33/h7,10,13-15,18-20H,5-6,8-9,11-12,16-17H2,1-4H3,(H,28,29,31,32). The van der Waals surface area contributed by atoms with Crippen molar-refractivity contribution in [3.8, 4) is 0 Å². The molecule has 0 amide bonds. The fourth-order valence-electron chi connectivity index (χ4n) is 5.25. The first kappa shape index (κ1) is 23.7. The number of hydrogen-bond acceptors (Lipinski definition) is 8. The number of anilines is 4. The molecular weight excluding hydrogens is 438 g/mol. The Bertz CT molecular complexity index is 1150. The molecule has 2 saturated heterocycles. The summed E-state index contributed by atoms with van der Waals surface area (Å²) in [4.78, 5) is 23.5. The monoisotopic (exact) mass is 475 g/mol. The van der Waals surface area contributed by atoms with Crippen LogP contribution >= 0.6 is 0 Å². The molecule has 0 atom stereocenters. The molecule has 0 radical (unpaired) electrons. The van der Waals surface area contributed by atoms with Gasteiger partial charge in [0, 0.05) is 57.3 Å². The number of nitrogens with one attached hydrogen (secondary N) is 1. The number of rotatable bonds is 8. The van der Waals surface area contributed by atoms with Crippen LogP contribution in [0.2, 0.25) is 0 Å². The quantitative estimate of drug-likeness (QED) is 0.480. The van der Waals surface area contributed by atoms with Gasteiger partial charge < -0.3 is 19.9 Å². The van der Waals surface area contributed by atoms with Gasteiger partial charge in [-0.25, -0.2) is 15.0 Å². The van der Waals surface area contributed by atoms with Gasteiger partial charge in [-0.3, -0.25) is 0 Å². The molecule has 2 fully saturated rings. The van der Waals surface area contributed by atoms with E-state index in [-0.39, 0.29) is 0 Å². The Labute approximate surface area is 208 Å². The van der Waals surface area contributed by atoms with Gasteiger partial charge in [-0.15, -0.1) is 0 Å². The third-order valence-corrected chi connectivity index (χ3v) is 7.31. The van der Waals surface area contributed by atoms with Crippen LogP contribution in [0.1, 0.15) is 57.9 Å². The van der Waals surface area contributed by atoms with Gasteiger partial charge in [0.1, 0.15) is 17.5 Å². The van der Waals surface area contributed by atoms with Gasteiger partial charge in [0.2, 0.25) is 5.95 Å². The highest BCUT2D eigenvalue weighted by atomic mass is 16.5. The number of fused-ring (bicyclic) bond motifs is 1. The molecular formula is C27H37N7O. The summed E-state index contributed by atoms with van der Waals surface area (Å²) < 4.78 is 5.49. The van der Waals surface area contributed by atoms with E-state index in [1.165, 1.54) is 23.8 Å². The summed E-state index contributed by atoms with van der Waals surface area (Å²) >= 11 is 0. The largest absolute Gasteiger partial charge is 0.381 e. The molecule has 3 aromatic heterocycles. The normalized spacial score (nSPS) is 17.3. The van der Waals surface area contributed by atoms with E-state index in [0.717, 1.165) is 73.7 Å². The van der Waals surface area contributed by atoms with Crippen molar-refractivity contribution in [2.45, 2.75) is 58.5 Å². The molecule has 2 aliphatic heterocycles. The van der Waals surface area contributed by atoms with Gasteiger partial charge >= 0.3 is 0 Å². The number of ether oxygens (including phenoxy) is 1. The van der Waals surface area contributed by atoms with Gasteiger partial charge in [-0.05, 0) is 54.2 Å². The first-order chi connectivity index (χ1) is 17.1. The minimum Gasteiger partial charge on any atom is -0.381 e. The van der Waals surface area contributed by atoms with Crippen LogP contribution in [0.5, 0.6) is 0 Å². The van der Waals surface area contributed by atoms with Crippen LogP contribution in [-0.2, 0) is 4.74 Å². The van der Waals surface area contributed by atoms with Gasteiger partial charge in [0.05, 0.1) is 6.10 Å². The van der Waals surface area contributed by atoms with Crippen LogP contribution in [0.4, 0.5) is 23.4 Å². The van der Waals surface area contributed by atoms with Gasteiger partial charge in [-0.2, -0.15) is 4.98 Å². The molecule has 5 heterocycles. The Morgan fingerprint density at radius 1 is 1.03 bits per heavy atom. The third-order valence-electron chi connectivity index (χ3n) is 7.31. The lowest BCUT2D eigenvalue weighted by molar-refractivity contribution is 0.0816. The van der Waals surface area contributed by atoms with Crippen molar-refractivity contribution >= 4 is 34.2 Å². The van der Waals surface area contributed by atoms with Crippen molar-refractivity contribution in [1.82, 2.24) is 19.9 Å². The fourth-order valence-corrected chi connectivity index (χ4v) is 5.25. The molecule has 1 N–H and O–H groups in total. The molecule has 8 heteroatoms. The number of aromatic nitrogens is 4. The predicted octanol–water partition coefficient (Wildman–Crippen LogP) is 5.14. The highest BCUT2D eigenvalue weighted by Crippen LogP contribution is 2.35. The number of nitrogens with zero attached hydrogens (tertiary/aromatic N) is 6. The van der Waals surface area contributed by atoms with E-state index in [2.05, 4.69) is 46.9 Å². The summed E-state index contributed by atoms with van der Waals surface area (Å²) in [6, 6.07) is 4.04. The SMILES string of the molecule is CCCC1CN(c2ncc(C(C)C)c3cc(Nc4ccnc(N5CCC(OC)CC5)n4)ncc23)C1. The van der Waals surface area contributed by atoms with E-state index >= 15 is 0 Å². The number of hydrogen-bond donors (Lipinski definition) is 1. The maximum atomic E-state index is 5.49. The average molecular weight is 476 g/mol. The first-order valence-electron chi connectivity index (χ1n) is 13.0. The lowest BCUT2D eigenvalue weighted by atomic mass is 9.93. The molecule has 0 aromatic carbocycles. The van der Waals surface area contributed by atoms with Gasteiger partial charge in [0.25, 0.3) is 0 Å². The van der Waals surface area contributed by atoms with Crippen molar-refractivity contribution in [1.29, 1.82) is 0 Å². The van der Waals surface area contributed by atoms with Gasteiger partial charge in [0.15, 0.2) is 0 Å². The van der Waals surface area contributed by atoms with E-state index in [9.17, 15) is 0 Å². The van der Waals surface area contributed by atoms with Crippen LogP contribution in [0, 0.1) is 5.92 Å². The van der Waals surface area contributed by atoms with Crippen LogP contribution in [0.15, 0.2) is 30.7 Å². The molecule has 0 aliphatic carbocycles. The summed E-state index contributed by atoms with van der Waals surface area (Å²) in [5, 5.41) is 5.75. The molecule has 186 valence electrons. The van der Waals surface area contributed by atoms with E-state index in [1.807, 2.05) is 24.7 Å². The van der Waals surface area contributed by atoms with E-state index < -0.39 is 0 Å². The topological polar surface area (TPSA) is 79.3 Å². The number of piperidine rings is 1. The molecule has 0 saturated carbocycles. The molecule has 8 nitrogen and oxygen atoms in total. The predicted molar refractivity (Wildman–Crippen MR) is 142 cm³/mol. The Hall–Kier alpha value is -3.00. The smallest absolute Gasteiger partial charge is 0.227 e. The summed E-state index contributed by atoms with van der Waals surface area (Å²) in [6.07, 6.45) is 10.7. The van der Waals surface area contributed by atoms with Crippen LogP contribution in [0.3, 0.4) is 0 Å². The van der Waals surface area contributed by atoms with E-state index in [1.54, 1.807) is 7.11 Å². The highest BCUT2D eigenvalue weighted by Gasteiger charge is 2.28. The maximum absolute atomic E-state index is 5.49. The maximum Gasteiger partial charge on any atom is 0.227 e. The van der Waals surface area contributed by atoms with Gasteiger partial charge in [-0.1, -0.05) is 27.2 Å². The third kappa shape index (κ3) is 5.03. The molecule has 0 bridgehead atoms. The highest BCUT2D eigenvalue weighted by molar-refractivity contribution is 5.96. The van der Waals surface area contributed by atoms with Crippen molar-refractivity contribution in [3.63, 3.8) is 0 Å². The Morgan fingerprint density at radius 2 is 1.83 bits per heavy atom. The van der Waals surface area contributed by atoms with E-state index in [4.69, 9.17) is 19.7 Å². The summed E-state index contributed by atoms with van der Waals surface area (Å²) in [5.74, 6) is 4.49. The second-order valence-electron chi connectivity index (χ2n) is 10.2. The average Bonchev–Trinajstić information content (AvgIpc) is 2.85. The van der Waals surface area contributed by atoms with Crippen molar-refractivity contribution in [2.75, 3.05) is 48.4 Å². The molecule has 2 aliphatic rings. The van der Waals surface area contributed by atoms with E-state index in [0.29, 0.717) is 12.0 Å². The Kier molecular flexibility index (Phi) is 7.00. The zero-order valence-corrected chi connectivity index (χ0v) is 21.4. The lowest BCUT2D eigenvalue weighted by Crippen LogP contribution is -2.47. The minimum atomic E-state index is 0.331. The first-order valence-corrected chi connectivity index (χ1v) is 13.0.